The molecule has 0 aliphatic carbocycles. The van der Waals surface area contributed by atoms with Crippen LogP contribution in [-0.2, 0) is 14.3 Å². The first kappa shape index (κ1) is 28.1. The number of hydrogen-bond acceptors (Lipinski definition) is 8. The van der Waals surface area contributed by atoms with E-state index in [0.717, 1.165) is 32.1 Å². The Kier molecular flexibility index (Phi) is 16.7. The van der Waals surface area contributed by atoms with Gasteiger partial charge in [-0.2, -0.15) is 0 Å². The molecule has 0 aromatic carbocycles. The molecule has 0 unspecified atom stereocenters. The molecule has 11 nitrogen and oxygen atoms in total. The van der Waals surface area contributed by atoms with Gasteiger partial charge in [-0.1, -0.05) is 12.8 Å². The highest BCUT2D eigenvalue weighted by atomic mass is 16.7. The number of nitrogens with one attached hydrogen (secondary N) is 1. The van der Waals surface area contributed by atoms with Gasteiger partial charge in [0.25, 0.3) is 0 Å². The van der Waals surface area contributed by atoms with Gasteiger partial charge in [-0.05, 0) is 58.2 Å². The van der Waals surface area contributed by atoms with E-state index in [1.165, 1.54) is 4.90 Å². The molecule has 0 heterocycles. The minimum atomic E-state index is -1.41. The molecule has 0 radical (unpaired) electrons. The number of carboxylic acid groups (broad SMARTS) is 1. The number of amides is 2. The van der Waals surface area contributed by atoms with Crippen molar-refractivity contribution in [1.29, 1.82) is 0 Å². The van der Waals surface area contributed by atoms with Gasteiger partial charge in [-0.3, -0.25) is 9.59 Å². The Morgan fingerprint density at radius 3 is 2.03 bits per heavy atom. The number of ether oxygens (including phenoxy) is 1. The fourth-order valence-corrected chi connectivity index (χ4v) is 2.93. The highest BCUT2D eigenvalue weighted by molar-refractivity contribution is 5.87. The van der Waals surface area contributed by atoms with E-state index < -0.39 is 24.1 Å². The first-order valence-corrected chi connectivity index (χ1v) is 10.6. The van der Waals surface area contributed by atoms with E-state index in [1.54, 1.807) is 0 Å². The standard InChI is InChI=1S/C19H40N6O5/c20-9-3-1-7-15(14-30-19(28)29)24-17(26)13-25(12-6-5-11-22)18(27)16(23)8-2-4-10-21/h15-16H,1-14,20-23H2,(H,24,26)(H,28,29)/t15-,16-/m1/s1. The summed E-state index contributed by atoms with van der Waals surface area (Å²) in [6, 6.07) is -1.18. The van der Waals surface area contributed by atoms with E-state index in [1.807, 2.05) is 0 Å². The first-order valence-electron chi connectivity index (χ1n) is 10.6. The second kappa shape index (κ2) is 17.9. The van der Waals surface area contributed by atoms with Gasteiger partial charge in [0.2, 0.25) is 11.8 Å². The molecular formula is C19H40N6O5. The molecule has 0 spiro atoms. The van der Waals surface area contributed by atoms with E-state index in [2.05, 4.69) is 10.1 Å². The van der Waals surface area contributed by atoms with Gasteiger partial charge in [-0.25, -0.2) is 4.79 Å². The fourth-order valence-electron chi connectivity index (χ4n) is 2.93. The van der Waals surface area contributed by atoms with Gasteiger partial charge in [0.05, 0.1) is 18.6 Å². The molecular weight excluding hydrogens is 392 g/mol. The molecule has 0 saturated carbocycles. The summed E-state index contributed by atoms with van der Waals surface area (Å²) in [5.41, 5.74) is 22.5. The summed E-state index contributed by atoms with van der Waals surface area (Å²) >= 11 is 0. The zero-order valence-corrected chi connectivity index (χ0v) is 17.9. The molecule has 10 N–H and O–H groups in total. The van der Waals surface area contributed by atoms with Crippen LogP contribution in [0.2, 0.25) is 0 Å². The SMILES string of the molecule is NCCCC[C@H](COC(=O)O)NC(=O)CN(CCCCN)C(=O)[C@H](N)CCCCN. The lowest BCUT2D eigenvalue weighted by atomic mass is 10.1. The summed E-state index contributed by atoms with van der Waals surface area (Å²) < 4.78 is 4.61. The summed E-state index contributed by atoms with van der Waals surface area (Å²) in [6.07, 6.45) is 3.99. The molecule has 0 aliphatic heterocycles. The van der Waals surface area contributed by atoms with Crippen LogP contribution < -0.4 is 28.3 Å². The lowest BCUT2D eigenvalue weighted by Gasteiger charge is -2.26. The normalized spacial score (nSPS) is 12.8. The number of carbonyl (C=O) groups is 3. The Morgan fingerprint density at radius 1 is 0.900 bits per heavy atom. The largest absolute Gasteiger partial charge is 0.505 e. The van der Waals surface area contributed by atoms with Crippen molar-refractivity contribution < 1.29 is 24.2 Å². The number of nitrogens with two attached hydrogens (primary N) is 4. The van der Waals surface area contributed by atoms with Crippen LogP contribution in [-0.4, -0.2) is 79.4 Å². The van der Waals surface area contributed by atoms with Gasteiger partial charge < -0.3 is 43.0 Å². The second-order valence-corrected chi connectivity index (χ2v) is 7.27. The molecule has 0 fully saturated rings. The maximum absolute atomic E-state index is 12.7. The van der Waals surface area contributed by atoms with Crippen LogP contribution >= 0.6 is 0 Å². The summed E-state index contributed by atoms with van der Waals surface area (Å²) in [6.45, 7) is 1.59. The molecule has 0 aromatic rings. The Balaban J connectivity index is 4.89. The van der Waals surface area contributed by atoms with Crippen molar-refractivity contribution >= 4 is 18.0 Å². The van der Waals surface area contributed by atoms with E-state index in [0.29, 0.717) is 45.4 Å². The van der Waals surface area contributed by atoms with Gasteiger partial charge in [0.15, 0.2) is 0 Å². The molecule has 2 atom stereocenters. The Hall–Kier alpha value is -1.95. The highest BCUT2D eigenvalue weighted by Crippen LogP contribution is 2.06. The third-order valence-electron chi connectivity index (χ3n) is 4.59. The van der Waals surface area contributed by atoms with Crippen LogP contribution in [0.5, 0.6) is 0 Å². The average Bonchev–Trinajstić information content (AvgIpc) is 2.70. The van der Waals surface area contributed by atoms with Crippen LogP contribution in [0.25, 0.3) is 0 Å². The number of carbonyl (C=O) groups excluding carboxylic acids is 2. The van der Waals surface area contributed by atoms with Gasteiger partial charge >= 0.3 is 6.16 Å². The van der Waals surface area contributed by atoms with Crippen LogP contribution in [0.15, 0.2) is 0 Å². The molecule has 11 heteroatoms. The van der Waals surface area contributed by atoms with E-state index in [4.69, 9.17) is 28.0 Å². The van der Waals surface area contributed by atoms with Crippen molar-refractivity contribution in [3.05, 3.63) is 0 Å². The summed E-state index contributed by atoms with van der Waals surface area (Å²) in [7, 11) is 0. The van der Waals surface area contributed by atoms with Crippen LogP contribution in [0.3, 0.4) is 0 Å². The van der Waals surface area contributed by atoms with Gasteiger partial charge in [0, 0.05) is 6.54 Å². The minimum Gasteiger partial charge on any atom is -0.450 e. The summed E-state index contributed by atoms with van der Waals surface area (Å²) in [5, 5.41) is 11.5. The Labute approximate surface area is 178 Å². The van der Waals surface area contributed by atoms with E-state index in [9.17, 15) is 14.4 Å². The van der Waals surface area contributed by atoms with Crippen molar-refractivity contribution in [2.45, 2.75) is 63.5 Å². The van der Waals surface area contributed by atoms with Crippen molar-refractivity contribution in [1.82, 2.24) is 10.2 Å². The van der Waals surface area contributed by atoms with Gasteiger partial charge in [-0.15, -0.1) is 0 Å². The van der Waals surface area contributed by atoms with Crippen molar-refractivity contribution in [2.75, 3.05) is 39.3 Å². The third-order valence-corrected chi connectivity index (χ3v) is 4.59. The molecule has 0 rings (SSSR count). The first-order chi connectivity index (χ1) is 14.3. The molecule has 0 saturated heterocycles. The fraction of sp³-hybridized carbons (Fsp3) is 0.842. The molecule has 2 amide bonds. The van der Waals surface area contributed by atoms with Gasteiger partial charge in [0.1, 0.15) is 6.61 Å². The average molecular weight is 433 g/mol. The Bertz CT molecular complexity index is 494. The highest BCUT2D eigenvalue weighted by Gasteiger charge is 2.24. The molecule has 176 valence electrons. The van der Waals surface area contributed by atoms with Crippen LogP contribution in [0, 0.1) is 0 Å². The molecule has 0 aliphatic rings. The lowest BCUT2D eigenvalue weighted by Crippen LogP contribution is -2.50. The smallest absolute Gasteiger partial charge is 0.450 e. The second-order valence-electron chi connectivity index (χ2n) is 7.27. The Morgan fingerprint density at radius 2 is 1.47 bits per heavy atom. The van der Waals surface area contributed by atoms with Crippen molar-refractivity contribution in [2.24, 2.45) is 22.9 Å². The van der Waals surface area contributed by atoms with E-state index >= 15 is 0 Å². The minimum absolute atomic E-state index is 0.158. The maximum Gasteiger partial charge on any atom is 0.505 e. The monoisotopic (exact) mass is 432 g/mol. The number of rotatable bonds is 18. The predicted octanol–water partition coefficient (Wildman–Crippen LogP) is -0.681. The molecule has 0 aromatic heterocycles. The lowest BCUT2D eigenvalue weighted by molar-refractivity contribution is -0.137. The van der Waals surface area contributed by atoms with E-state index in [-0.39, 0.29) is 19.1 Å². The number of unbranched alkanes of at least 4 members (excludes halogenated alkanes) is 3. The van der Waals surface area contributed by atoms with Crippen LogP contribution in [0.4, 0.5) is 4.79 Å². The number of nitrogens with zero attached hydrogens (tertiary/aromatic N) is 1. The maximum atomic E-state index is 12.7. The quantitative estimate of drug-likeness (QED) is 0.120. The van der Waals surface area contributed by atoms with Crippen molar-refractivity contribution in [3.8, 4) is 0 Å². The third kappa shape index (κ3) is 14.1. The molecule has 30 heavy (non-hydrogen) atoms. The zero-order valence-electron chi connectivity index (χ0n) is 17.9. The topological polar surface area (TPSA) is 200 Å². The number of hydrogen-bond donors (Lipinski definition) is 6. The summed E-state index contributed by atoms with van der Waals surface area (Å²) in [5.74, 6) is -0.683. The van der Waals surface area contributed by atoms with Crippen LogP contribution in [0.1, 0.15) is 51.4 Å². The zero-order chi connectivity index (χ0) is 22.8. The predicted molar refractivity (Wildman–Crippen MR) is 115 cm³/mol. The molecule has 0 bridgehead atoms. The summed E-state index contributed by atoms with van der Waals surface area (Å²) in [4.78, 5) is 37.4. The van der Waals surface area contributed by atoms with Crippen molar-refractivity contribution in [3.63, 3.8) is 0 Å².